The highest BCUT2D eigenvalue weighted by Crippen LogP contribution is 2.38. The summed E-state index contributed by atoms with van der Waals surface area (Å²) in [5.74, 6) is 0. The fourth-order valence-corrected chi connectivity index (χ4v) is 3.93. The summed E-state index contributed by atoms with van der Waals surface area (Å²) in [4.78, 5) is 8.83. The monoisotopic (exact) mass is 356 g/mol. The number of nitrogens with zero attached hydrogens (tertiary/aromatic N) is 3. The second-order valence-corrected chi connectivity index (χ2v) is 7.16. The summed E-state index contributed by atoms with van der Waals surface area (Å²) in [5, 5.41) is 9.66. The predicted octanol–water partition coefficient (Wildman–Crippen LogP) is 3.24. The standard InChI is InChI=1S/C12H10BrClN4S/c1-12(16,11-8(14)2-10(13)19-11)3-9-7(4-15)5-17-6-18-9/h2,5-6H,3,16H2,1H3. The first kappa shape index (κ1) is 14.4. The fourth-order valence-electron chi connectivity index (χ4n) is 1.75. The zero-order valence-electron chi connectivity index (χ0n) is 10.0. The van der Waals surface area contributed by atoms with Crippen LogP contribution >= 0.6 is 38.9 Å². The van der Waals surface area contributed by atoms with E-state index in [2.05, 4.69) is 32.0 Å². The molecule has 0 aliphatic carbocycles. The lowest BCUT2D eigenvalue weighted by molar-refractivity contribution is 0.494. The number of hydrogen-bond donors (Lipinski definition) is 1. The lowest BCUT2D eigenvalue weighted by Crippen LogP contribution is -2.35. The molecule has 19 heavy (non-hydrogen) atoms. The van der Waals surface area contributed by atoms with Gasteiger partial charge < -0.3 is 5.73 Å². The van der Waals surface area contributed by atoms with Crippen molar-refractivity contribution >= 4 is 38.9 Å². The SMILES string of the molecule is CC(N)(Cc1ncncc1C#N)c1sc(Br)cc1Cl. The van der Waals surface area contributed by atoms with E-state index in [0.717, 1.165) is 8.66 Å². The molecule has 0 saturated heterocycles. The van der Waals surface area contributed by atoms with Gasteiger partial charge in [-0.15, -0.1) is 11.3 Å². The van der Waals surface area contributed by atoms with Crippen molar-refractivity contribution in [2.24, 2.45) is 5.73 Å². The van der Waals surface area contributed by atoms with Gasteiger partial charge in [0.2, 0.25) is 0 Å². The van der Waals surface area contributed by atoms with Crippen molar-refractivity contribution in [1.29, 1.82) is 5.26 Å². The maximum Gasteiger partial charge on any atom is 0.115 e. The lowest BCUT2D eigenvalue weighted by atomic mass is 9.93. The summed E-state index contributed by atoms with van der Waals surface area (Å²) >= 11 is 11.0. The van der Waals surface area contributed by atoms with Crippen LogP contribution in [0.1, 0.15) is 23.1 Å². The number of nitrogens with two attached hydrogens (primary N) is 1. The van der Waals surface area contributed by atoms with E-state index in [1.165, 1.54) is 23.9 Å². The van der Waals surface area contributed by atoms with Crippen LogP contribution < -0.4 is 5.73 Å². The van der Waals surface area contributed by atoms with Crippen molar-refractivity contribution in [1.82, 2.24) is 9.97 Å². The largest absolute Gasteiger partial charge is 0.321 e. The Balaban J connectivity index is 2.36. The van der Waals surface area contributed by atoms with E-state index in [0.29, 0.717) is 22.7 Å². The van der Waals surface area contributed by atoms with Crippen LogP contribution in [0.3, 0.4) is 0 Å². The van der Waals surface area contributed by atoms with Crippen LogP contribution in [0, 0.1) is 11.3 Å². The average molecular weight is 358 g/mol. The molecule has 0 aliphatic heterocycles. The number of rotatable bonds is 3. The summed E-state index contributed by atoms with van der Waals surface area (Å²) in [6, 6.07) is 3.89. The van der Waals surface area contributed by atoms with Crippen molar-refractivity contribution in [2.45, 2.75) is 18.9 Å². The Morgan fingerprint density at radius 3 is 2.95 bits per heavy atom. The Bertz CT molecular complexity index is 647. The molecule has 98 valence electrons. The minimum absolute atomic E-state index is 0.422. The second-order valence-electron chi connectivity index (χ2n) is 4.32. The number of nitriles is 1. The van der Waals surface area contributed by atoms with E-state index in [9.17, 15) is 0 Å². The highest BCUT2D eigenvalue weighted by Gasteiger charge is 2.28. The fraction of sp³-hybridized carbons (Fsp3) is 0.250. The topological polar surface area (TPSA) is 75.6 Å². The molecule has 0 bridgehead atoms. The van der Waals surface area contributed by atoms with Crippen LogP contribution in [-0.2, 0) is 12.0 Å². The van der Waals surface area contributed by atoms with Gasteiger partial charge in [0.25, 0.3) is 0 Å². The Morgan fingerprint density at radius 2 is 2.37 bits per heavy atom. The summed E-state index contributed by atoms with van der Waals surface area (Å²) in [7, 11) is 0. The first-order valence-corrected chi connectivity index (χ1v) is 7.36. The molecular formula is C12H10BrClN4S. The van der Waals surface area contributed by atoms with E-state index in [1.807, 2.05) is 13.0 Å². The molecule has 4 nitrogen and oxygen atoms in total. The molecule has 1 atom stereocenters. The molecule has 0 fully saturated rings. The Labute approximate surface area is 128 Å². The third kappa shape index (κ3) is 3.12. The Hall–Kier alpha value is -1.00. The molecule has 0 spiro atoms. The van der Waals surface area contributed by atoms with E-state index < -0.39 is 5.54 Å². The van der Waals surface area contributed by atoms with Gasteiger partial charge in [0.15, 0.2) is 0 Å². The normalized spacial score (nSPS) is 13.8. The van der Waals surface area contributed by atoms with E-state index in [-0.39, 0.29) is 0 Å². The molecule has 2 aromatic heterocycles. The van der Waals surface area contributed by atoms with Gasteiger partial charge in [0, 0.05) is 17.5 Å². The van der Waals surface area contributed by atoms with Crippen molar-refractivity contribution in [3.05, 3.63) is 43.5 Å². The molecule has 0 aromatic carbocycles. The van der Waals surface area contributed by atoms with Gasteiger partial charge in [-0.25, -0.2) is 9.97 Å². The van der Waals surface area contributed by atoms with Gasteiger partial charge in [-0.2, -0.15) is 5.26 Å². The molecule has 2 rings (SSSR count). The first-order valence-electron chi connectivity index (χ1n) is 5.37. The smallest absolute Gasteiger partial charge is 0.115 e. The lowest BCUT2D eigenvalue weighted by Gasteiger charge is -2.23. The number of hydrogen-bond acceptors (Lipinski definition) is 5. The first-order chi connectivity index (χ1) is 8.94. The van der Waals surface area contributed by atoms with E-state index >= 15 is 0 Å². The Morgan fingerprint density at radius 1 is 1.63 bits per heavy atom. The summed E-state index contributed by atoms with van der Waals surface area (Å²) in [6.45, 7) is 1.88. The summed E-state index contributed by atoms with van der Waals surface area (Å²) in [6.07, 6.45) is 3.33. The molecule has 0 aliphatic rings. The summed E-state index contributed by atoms with van der Waals surface area (Å²) in [5.41, 5.74) is 6.72. The van der Waals surface area contributed by atoms with Crippen molar-refractivity contribution < 1.29 is 0 Å². The maximum atomic E-state index is 9.04. The second kappa shape index (κ2) is 5.55. The molecule has 0 radical (unpaired) electrons. The molecule has 2 heterocycles. The Kier molecular flexibility index (Phi) is 4.21. The predicted molar refractivity (Wildman–Crippen MR) is 79.0 cm³/mol. The van der Waals surface area contributed by atoms with Crippen LogP contribution in [0.25, 0.3) is 0 Å². The maximum absolute atomic E-state index is 9.04. The molecule has 7 heteroatoms. The van der Waals surface area contributed by atoms with Gasteiger partial charge in [0.1, 0.15) is 12.4 Å². The molecular weight excluding hydrogens is 348 g/mol. The van der Waals surface area contributed by atoms with Crippen LogP contribution in [0.15, 0.2) is 22.4 Å². The van der Waals surface area contributed by atoms with Crippen molar-refractivity contribution in [3.8, 4) is 6.07 Å². The number of thiophene rings is 1. The van der Waals surface area contributed by atoms with E-state index in [1.54, 1.807) is 0 Å². The van der Waals surface area contributed by atoms with Gasteiger partial charge in [0.05, 0.1) is 25.6 Å². The minimum atomic E-state index is -0.687. The van der Waals surface area contributed by atoms with Crippen LogP contribution in [0.5, 0.6) is 0 Å². The highest BCUT2D eigenvalue weighted by molar-refractivity contribution is 9.11. The van der Waals surface area contributed by atoms with Crippen LogP contribution in [0.4, 0.5) is 0 Å². The number of halogens is 2. The number of aromatic nitrogens is 2. The zero-order valence-corrected chi connectivity index (χ0v) is 13.2. The molecule has 0 saturated carbocycles. The van der Waals surface area contributed by atoms with Crippen LogP contribution in [-0.4, -0.2) is 9.97 Å². The van der Waals surface area contributed by atoms with Gasteiger partial charge in [-0.05, 0) is 28.9 Å². The molecule has 0 amide bonds. The van der Waals surface area contributed by atoms with Crippen LogP contribution in [0.2, 0.25) is 5.02 Å². The van der Waals surface area contributed by atoms with Crippen molar-refractivity contribution in [2.75, 3.05) is 0 Å². The third-order valence-corrected chi connectivity index (χ3v) is 4.95. The molecule has 2 N–H and O–H groups in total. The quantitative estimate of drug-likeness (QED) is 0.915. The average Bonchev–Trinajstić information content (AvgIpc) is 2.69. The molecule has 2 aromatic rings. The summed E-state index contributed by atoms with van der Waals surface area (Å²) < 4.78 is 0.923. The third-order valence-electron chi connectivity index (χ3n) is 2.63. The molecule has 1 unspecified atom stereocenters. The van der Waals surface area contributed by atoms with Gasteiger partial charge >= 0.3 is 0 Å². The van der Waals surface area contributed by atoms with Gasteiger partial charge in [-0.1, -0.05) is 11.6 Å². The minimum Gasteiger partial charge on any atom is -0.321 e. The van der Waals surface area contributed by atoms with Gasteiger partial charge in [-0.3, -0.25) is 0 Å². The van der Waals surface area contributed by atoms with E-state index in [4.69, 9.17) is 22.6 Å². The zero-order chi connectivity index (χ0) is 14.0. The van der Waals surface area contributed by atoms with Crippen molar-refractivity contribution in [3.63, 3.8) is 0 Å². The highest BCUT2D eigenvalue weighted by atomic mass is 79.9.